The summed E-state index contributed by atoms with van der Waals surface area (Å²) in [6.45, 7) is 4.97. The molecule has 1 aliphatic heterocycles. The van der Waals surface area contributed by atoms with Gasteiger partial charge in [-0.25, -0.2) is 0 Å². The molecule has 35 heavy (non-hydrogen) atoms. The van der Waals surface area contributed by atoms with E-state index in [0.29, 0.717) is 29.5 Å². The van der Waals surface area contributed by atoms with Crippen molar-refractivity contribution in [3.05, 3.63) is 85.5 Å². The summed E-state index contributed by atoms with van der Waals surface area (Å²) in [4.78, 5) is 31.9. The van der Waals surface area contributed by atoms with Gasteiger partial charge >= 0.3 is 0 Å². The highest BCUT2D eigenvalue weighted by molar-refractivity contribution is 9.10. The second-order valence-electron chi connectivity index (χ2n) is 8.62. The van der Waals surface area contributed by atoms with Gasteiger partial charge in [0, 0.05) is 32.5 Å². The Morgan fingerprint density at radius 3 is 2.71 bits per heavy atom. The third-order valence-electron chi connectivity index (χ3n) is 6.40. The number of rotatable bonds is 8. The highest BCUT2D eigenvalue weighted by atomic mass is 79.9. The van der Waals surface area contributed by atoms with Gasteiger partial charge < -0.3 is 14.5 Å². The van der Waals surface area contributed by atoms with Crippen molar-refractivity contribution in [1.29, 1.82) is 0 Å². The Morgan fingerprint density at radius 2 is 2.00 bits per heavy atom. The maximum atomic E-state index is 13.7. The number of hydrogen-bond acceptors (Lipinski definition) is 4. The predicted molar refractivity (Wildman–Crippen MR) is 144 cm³/mol. The SMILES string of the molecule is CCC(C)N(CC(=O)N1CCc2sccc2C1COc1ccc(Cl)cc1)C(=O)c1cccc(Br)c1. The molecule has 0 aliphatic carbocycles. The molecule has 0 fully saturated rings. The van der Waals surface area contributed by atoms with Crippen LogP contribution < -0.4 is 4.74 Å². The van der Waals surface area contributed by atoms with Crippen LogP contribution in [0.5, 0.6) is 5.75 Å². The molecule has 5 nitrogen and oxygen atoms in total. The van der Waals surface area contributed by atoms with Gasteiger partial charge in [-0.3, -0.25) is 9.59 Å². The summed E-state index contributed by atoms with van der Waals surface area (Å²) in [5.74, 6) is 0.488. The first-order valence-electron chi connectivity index (χ1n) is 11.7. The molecule has 0 N–H and O–H groups in total. The van der Waals surface area contributed by atoms with Crippen molar-refractivity contribution in [2.24, 2.45) is 0 Å². The lowest BCUT2D eigenvalue weighted by molar-refractivity contribution is -0.136. The molecule has 2 heterocycles. The summed E-state index contributed by atoms with van der Waals surface area (Å²) in [6, 6.07) is 16.3. The minimum absolute atomic E-state index is 0.0251. The number of thiophene rings is 1. The Balaban J connectivity index is 1.54. The topological polar surface area (TPSA) is 49.9 Å². The van der Waals surface area contributed by atoms with Crippen LogP contribution >= 0.6 is 38.9 Å². The number of carbonyl (C=O) groups excluding carboxylic acids is 2. The minimum Gasteiger partial charge on any atom is -0.491 e. The second-order valence-corrected chi connectivity index (χ2v) is 11.0. The van der Waals surface area contributed by atoms with Gasteiger partial charge in [-0.2, -0.15) is 0 Å². The molecule has 1 aromatic heterocycles. The number of halogens is 2. The van der Waals surface area contributed by atoms with E-state index in [1.165, 1.54) is 4.88 Å². The number of amides is 2. The van der Waals surface area contributed by atoms with Crippen molar-refractivity contribution < 1.29 is 14.3 Å². The van der Waals surface area contributed by atoms with Crippen LogP contribution in [-0.4, -0.2) is 47.4 Å². The molecule has 8 heteroatoms. The standard InChI is InChI=1S/C27H28BrClN2O3S/c1-3-18(2)31(27(33)19-5-4-6-20(28)15-19)16-26(32)30-13-11-25-23(12-14-35-25)24(30)17-34-22-9-7-21(29)8-10-22/h4-10,12,14-15,18,24H,3,11,13,16-17H2,1-2H3. The molecule has 184 valence electrons. The molecular formula is C27H28BrClN2O3S. The van der Waals surface area contributed by atoms with E-state index in [4.69, 9.17) is 16.3 Å². The van der Waals surface area contributed by atoms with E-state index in [1.807, 2.05) is 43.0 Å². The number of carbonyl (C=O) groups is 2. The zero-order valence-corrected chi connectivity index (χ0v) is 22.9. The van der Waals surface area contributed by atoms with E-state index in [-0.39, 0.29) is 30.4 Å². The monoisotopic (exact) mass is 574 g/mol. The van der Waals surface area contributed by atoms with Gasteiger partial charge in [0.15, 0.2) is 0 Å². The van der Waals surface area contributed by atoms with Crippen LogP contribution in [0.15, 0.2) is 64.5 Å². The molecule has 0 radical (unpaired) electrons. The molecule has 2 unspecified atom stereocenters. The molecule has 2 atom stereocenters. The van der Waals surface area contributed by atoms with E-state index >= 15 is 0 Å². The third kappa shape index (κ3) is 6.08. The van der Waals surface area contributed by atoms with Crippen molar-refractivity contribution in [3.8, 4) is 5.75 Å². The van der Waals surface area contributed by atoms with Gasteiger partial charge in [0.05, 0.1) is 6.04 Å². The molecule has 0 saturated carbocycles. The molecule has 1 aliphatic rings. The summed E-state index contributed by atoms with van der Waals surface area (Å²) >= 11 is 11.2. The largest absolute Gasteiger partial charge is 0.491 e. The van der Waals surface area contributed by atoms with Crippen LogP contribution in [0, 0.1) is 0 Å². The lowest BCUT2D eigenvalue weighted by Gasteiger charge is -2.38. The highest BCUT2D eigenvalue weighted by Gasteiger charge is 2.34. The second kappa shape index (κ2) is 11.6. The summed E-state index contributed by atoms with van der Waals surface area (Å²) in [5.41, 5.74) is 1.69. The summed E-state index contributed by atoms with van der Waals surface area (Å²) in [5, 5.41) is 2.71. The van der Waals surface area contributed by atoms with E-state index in [1.54, 1.807) is 40.5 Å². The molecule has 3 aromatic rings. The van der Waals surface area contributed by atoms with Crippen molar-refractivity contribution in [1.82, 2.24) is 9.80 Å². The normalized spacial score (nSPS) is 15.9. The van der Waals surface area contributed by atoms with Crippen molar-refractivity contribution in [3.63, 3.8) is 0 Å². The Labute approximate surface area is 223 Å². The molecular weight excluding hydrogens is 548 g/mol. The number of fused-ring (bicyclic) bond motifs is 1. The first-order valence-corrected chi connectivity index (χ1v) is 13.7. The minimum atomic E-state index is -0.215. The van der Waals surface area contributed by atoms with Gasteiger partial charge in [0.1, 0.15) is 18.9 Å². The van der Waals surface area contributed by atoms with Gasteiger partial charge in [0.2, 0.25) is 5.91 Å². The molecule has 0 bridgehead atoms. The van der Waals surface area contributed by atoms with Crippen LogP contribution in [-0.2, 0) is 11.2 Å². The van der Waals surface area contributed by atoms with E-state index in [9.17, 15) is 9.59 Å². The quantitative estimate of drug-likeness (QED) is 0.304. The van der Waals surface area contributed by atoms with Crippen LogP contribution in [0.25, 0.3) is 0 Å². The first-order chi connectivity index (χ1) is 16.9. The van der Waals surface area contributed by atoms with Crippen LogP contribution in [0.4, 0.5) is 0 Å². The first kappa shape index (κ1) is 25.7. The molecule has 0 saturated heterocycles. The zero-order valence-electron chi connectivity index (χ0n) is 19.7. The summed E-state index contributed by atoms with van der Waals surface area (Å²) in [6.07, 6.45) is 1.56. The summed E-state index contributed by atoms with van der Waals surface area (Å²) < 4.78 is 6.91. The highest BCUT2D eigenvalue weighted by Crippen LogP contribution is 2.34. The molecule has 4 rings (SSSR count). The Hall–Kier alpha value is -2.35. The fourth-order valence-electron chi connectivity index (χ4n) is 4.25. The Morgan fingerprint density at radius 1 is 1.23 bits per heavy atom. The van der Waals surface area contributed by atoms with Crippen molar-refractivity contribution >= 4 is 50.7 Å². The zero-order chi connectivity index (χ0) is 24.9. The van der Waals surface area contributed by atoms with E-state index in [2.05, 4.69) is 27.4 Å². The Bertz CT molecular complexity index is 1180. The number of nitrogens with zero attached hydrogens (tertiary/aromatic N) is 2. The lowest BCUT2D eigenvalue weighted by atomic mass is 10.00. The Kier molecular flexibility index (Phi) is 8.52. The average Bonchev–Trinajstić information content (AvgIpc) is 3.35. The number of hydrogen-bond donors (Lipinski definition) is 0. The third-order valence-corrected chi connectivity index (χ3v) is 8.14. The molecule has 2 aromatic carbocycles. The van der Waals surface area contributed by atoms with Gasteiger partial charge in [-0.05, 0) is 79.2 Å². The lowest BCUT2D eigenvalue weighted by Crippen LogP contribution is -2.49. The van der Waals surface area contributed by atoms with Crippen LogP contribution in [0.3, 0.4) is 0 Å². The maximum absolute atomic E-state index is 13.7. The van der Waals surface area contributed by atoms with E-state index in [0.717, 1.165) is 22.9 Å². The average molecular weight is 576 g/mol. The van der Waals surface area contributed by atoms with Crippen molar-refractivity contribution in [2.75, 3.05) is 19.7 Å². The predicted octanol–water partition coefficient (Wildman–Crippen LogP) is 6.61. The van der Waals surface area contributed by atoms with Crippen molar-refractivity contribution in [2.45, 2.75) is 38.8 Å². The molecule has 0 spiro atoms. The van der Waals surface area contributed by atoms with Crippen LogP contribution in [0.1, 0.15) is 47.1 Å². The molecule has 2 amide bonds. The summed E-state index contributed by atoms with van der Waals surface area (Å²) in [7, 11) is 0. The maximum Gasteiger partial charge on any atom is 0.254 e. The van der Waals surface area contributed by atoms with Crippen LogP contribution in [0.2, 0.25) is 5.02 Å². The fourth-order valence-corrected chi connectivity index (χ4v) is 5.71. The fraction of sp³-hybridized carbons (Fsp3) is 0.333. The van der Waals surface area contributed by atoms with Gasteiger partial charge in [-0.1, -0.05) is 40.5 Å². The smallest absolute Gasteiger partial charge is 0.254 e. The van der Waals surface area contributed by atoms with Gasteiger partial charge in [-0.15, -0.1) is 11.3 Å². The number of benzene rings is 2. The number of ether oxygens (including phenoxy) is 1. The van der Waals surface area contributed by atoms with E-state index < -0.39 is 0 Å². The van der Waals surface area contributed by atoms with Gasteiger partial charge in [0.25, 0.3) is 5.91 Å².